The second-order valence-corrected chi connectivity index (χ2v) is 6.70. The first-order valence-electron chi connectivity index (χ1n) is 7.28. The minimum Gasteiger partial charge on any atom is -0.398 e. The average Bonchev–Trinajstić information content (AvgIpc) is 2.52. The monoisotopic (exact) mass is 329 g/mol. The Morgan fingerprint density at radius 2 is 1.78 bits per heavy atom. The summed E-state index contributed by atoms with van der Waals surface area (Å²) in [6, 6.07) is 13.9. The van der Waals surface area contributed by atoms with Crippen LogP contribution in [0.1, 0.15) is 24.0 Å². The Balaban J connectivity index is 1.82. The fraction of sp³-hybridized carbons (Fsp3) is 0.222. The second kappa shape index (κ2) is 7.82. The minimum atomic E-state index is -3.69. The number of nitrogen functional groups attached to an aromatic ring is 1. The van der Waals surface area contributed by atoms with Gasteiger partial charge in [0.15, 0.2) is 0 Å². The zero-order valence-corrected chi connectivity index (χ0v) is 13.8. The molecule has 5 heteroatoms. The number of anilines is 1. The molecule has 2 rings (SSSR count). The van der Waals surface area contributed by atoms with E-state index in [1.807, 2.05) is 25.1 Å². The Morgan fingerprint density at radius 1 is 1.09 bits per heavy atom. The van der Waals surface area contributed by atoms with E-state index in [-0.39, 0.29) is 11.5 Å². The van der Waals surface area contributed by atoms with Crippen molar-refractivity contribution in [3.8, 4) is 11.8 Å². The van der Waals surface area contributed by atoms with Gasteiger partial charge in [-0.25, -0.2) is 0 Å². The van der Waals surface area contributed by atoms with E-state index in [2.05, 4.69) is 11.8 Å². The van der Waals surface area contributed by atoms with Gasteiger partial charge in [-0.15, -0.1) is 0 Å². The molecule has 2 N–H and O–H groups in total. The lowest BCUT2D eigenvalue weighted by atomic mass is 10.2. The summed E-state index contributed by atoms with van der Waals surface area (Å²) in [5, 5.41) is 0. The first-order chi connectivity index (χ1) is 11.0. The van der Waals surface area contributed by atoms with Crippen molar-refractivity contribution in [2.75, 3.05) is 12.3 Å². The van der Waals surface area contributed by atoms with Crippen LogP contribution in [0.5, 0.6) is 0 Å². The smallest absolute Gasteiger partial charge is 0.296 e. The third-order valence-electron chi connectivity index (χ3n) is 3.18. The molecule has 0 amide bonds. The molecule has 0 saturated carbocycles. The van der Waals surface area contributed by atoms with Crippen LogP contribution in [0, 0.1) is 18.8 Å². The third-order valence-corrected chi connectivity index (χ3v) is 4.50. The highest BCUT2D eigenvalue weighted by Crippen LogP contribution is 2.13. The molecule has 0 radical (unpaired) electrons. The third kappa shape index (κ3) is 5.13. The first-order valence-corrected chi connectivity index (χ1v) is 8.69. The number of rotatable bonds is 5. The molecule has 2 aromatic rings. The molecule has 0 bridgehead atoms. The summed E-state index contributed by atoms with van der Waals surface area (Å²) < 4.78 is 28.9. The molecule has 0 aliphatic rings. The van der Waals surface area contributed by atoms with Crippen LogP contribution in [-0.4, -0.2) is 15.0 Å². The Hall–Kier alpha value is -2.29. The molecular weight excluding hydrogens is 310 g/mol. The summed E-state index contributed by atoms with van der Waals surface area (Å²) in [5.74, 6) is 5.94. The molecular formula is C18H19NO3S. The fourth-order valence-corrected chi connectivity index (χ4v) is 2.81. The van der Waals surface area contributed by atoms with Gasteiger partial charge in [0, 0.05) is 17.7 Å². The van der Waals surface area contributed by atoms with Crippen LogP contribution in [0.3, 0.4) is 0 Å². The molecule has 23 heavy (non-hydrogen) atoms. The standard InChI is InChI=1S/C18H19NO3S/c1-15-10-12-17(13-11-15)23(20,21)22-14-6-2-3-7-16-8-4-5-9-18(16)19/h4-5,8-13H,2,6,14,19H2,1H3. The minimum absolute atomic E-state index is 0.106. The highest BCUT2D eigenvalue weighted by molar-refractivity contribution is 7.86. The SMILES string of the molecule is Cc1ccc(S(=O)(=O)OCCCC#Cc2ccccc2N)cc1. The highest BCUT2D eigenvalue weighted by Gasteiger charge is 2.13. The van der Waals surface area contributed by atoms with Gasteiger partial charge in [-0.1, -0.05) is 41.7 Å². The van der Waals surface area contributed by atoms with Crippen LogP contribution >= 0.6 is 0 Å². The van der Waals surface area contributed by atoms with Gasteiger partial charge < -0.3 is 5.73 Å². The van der Waals surface area contributed by atoms with Gasteiger partial charge >= 0.3 is 0 Å². The zero-order valence-electron chi connectivity index (χ0n) is 13.0. The van der Waals surface area contributed by atoms with Gasteiger partial charge in [0.25, 0.3) is 10.1 Å². The maximum absolute atomic E-state index is 12.0. The zero-order chi connectivity index (χ0) is 16.7. The Morgan fingerprint density at radius 3 is 2.48 bits per heavy atom. The number of hydrogen-bond donors (Lipinski definition) is 1. The van der Waals surface area contributed by atoms with Crippen LogP contribution in [-0.2, 0) is 14.3 Å². The van der Waals surface area contributed by atoms with E-state index in [1.165, 1.54) is 0 Å². The molecule has 0 aromatic heterocycles. The summed E-state index contributed by atoms with van der Waals surface area (Å²) in [6.45, 7) is 2.00. The van der Waals surface area contributed by atoms with Crippen molar-refractivity contribution in [1.29, 1.82) is 0 Å². The van der Waals surface area contributed by atoms with Gasteiger partial charge in [0.1, 0.15) is 0 Å². The van der Waals surface area contributed by atoms with Crippen molar-refractivity contribution in [2.24, 2.45) is 0 Å². The van der Waals surface area contributed by atoms with Crippen LogP contribution in [0.15, 0.2) is 53.4 Å². The van der Waals surface area contributed by atoms with E-state index in [1.54, 1.807) is 30.3 Å². The summed E-state index contributed by atoms with van der Waals surface area (Å²) in [4.78, 5) is 0.172. The van der Waals surface area contributed by atoms with Gasteiger partial charge in [0.05, 0.1) is 11.5 Å². The topological polar surface area (TPSA) is 69.4 Å². The van der Waals surface area contributed by atoms with Gasteiger partial charge in [-0.2, -0.15) is 8.42 Å². The summed E-state index contributed by atoms with van der Waals surface area (Å²) in [7, 11) is -3.69. The molecule has 0 aliphatic carbocycles. The number of aryl methyl sites for hydroxylation is 1. The number of benzene rings is 2. The normalized spacial score (nSPS) is 10.8. The van der Waals surface area contributed by atoms with Gasteiger partial charge in [-0.05, 0) is 37.6 Å². The average molecular weight is 329 g/mol. The number of unbranched alkanes of at least 4 members (excludes halogenated alkanes) is 1. The van der Waals surface area contributed by atoms with Crippen molar-refractivity contribution < 1.29 is 12.6 Å². The Kier molecular flexibility index (Phi) is 5.80. The highest BCUT2D eigenvalue weighted by atomic mass is 32.2. The molecule has 4 nitrogen and oxygen atoms in total. The van der Waals surface area contributed by atoms with Crippen molar-refractivity contribution in [3.63, 3.8) is 0 Å². The van der Waals surface area contributed by atoms with Crippen molar-refractivity contribution in [2.45, 2.75) is 24.7 Å². The molecule has 2 aromatic carbocycles. The maximum Gasteiger partial charge on any atom is 0.296 e. The van der Waals surface area contributed by atoms with E-state index < -0.39 is 10.1 Å². The molecule has 0 unspecified atom stereocenters. The largest absolute Gasteiger partial charge is 0.398 e. The van der Waals surface area contributed by atoms with Crippen LogP contribution in [0.2, 0.25) is 0 Å². The molecule has 0 fully saturated rings. The lowest BCUT2D eigenvalue weighted by molar-refractivity contribution is 0.314. The molecule has 0 heterocycles. The van der Waals surface area contributed by atoms with E-state index in [4.69, 9.17) is 9.92 Å². The number of hydrogen-bond acceptors (Lipinski definition) is 4. The lowest BCUT2D eigenvalue weighted by Crippen LogP contribution is -2.07. The quantitative estimate of drug-likeness (QED) is 0.396. The predicted molar refractivity (Wildman–Crippen MR) is 91.3 cm³/mol. The second-order valence-electron chi connectivity index (χ2n) is 5.08. The fourth-order valence-electron chi connectivity index (χ4n) is 1.87. The molecule has 0 aliphatic heterocycles. The molecule has 0 spiro atoms. The predicted octanol–water partition coefficient (Wildman–Crippen LogP) is 3.11. The van der Waals surface area contributed by atoms with Crippen LogP contribution in [0.4, 0.5) is 5.69 Å². The van der Waals surface area contributed by atoms with Crippen molar-refractivity contribution in [1.82, 2.24) is 0 Å². The summed E-state index contributed by atoms with van der Waals surface area (Å²) in [6.07, 6.45) is 1.07. The van der Waals surface area contributed by atoms with Gasteiger partial charge in [0.2, 0.25) is 0 Å². The number of nitrogens with two attached hydrogens (primary N) is 1. The van der Waals surface area contributed by atoms with E-state index in [0.29, 0.717) is 18.5 Å². The molecule has 0 saturated heterocycles. The van der Waals surface area contributed by atoms with E-state index in [9.17, 15) is 8.42 Å². The van der Waals surface area contributed by atoms with Crippen LogP contribution in [0.25, 0.3) is 0 Å². The van der Waals surface area contributed by atoms with Gasteiger partial charge in [-0.3, -0.25) is 4.18 Å². The Labute approximate surface area is 137 Å². The Bertz CT molecular complexity index is 815. The van der Waals surface area contributed by atoms with E-state index >= 15 is 0 Å². The lowest BCUT2D eigenvalue weighted by Gasteiger charge is -2.04. The first kappa shape index (κ1) is 17.1. The number of para-hydroxylation sites is 1. The molecule has 120 valence electrons. The van der Waals surface area contributed by atoms with E-state index in [0.717, 1.165) is 11.1 Å². The summed E-state index contributed by atoms with van der Waals surface area (Å²) in [5.41, 5.74) is 8.20. The molecule has 0 atom stereocenters. The summed E-state index contributed by atoms with van der Waals surface area (Å²) >= 11 is 0. The van der Waals surface area contributed by atoms with Crippen molar-refractivity contribution >= 4 is 15.8 Å². The maximum atomic E-state index is 12.0. The van der Waals surface area contributed by atoms with Crippen molar-refractivity contribution in [3.05, 3.63) is 59.7 Å². The van der Waals surface area contributed by atoms with Crippen LogP contribution < -0.4 is 5.73 Å².